The molecular weight excluding hydrogens is 241 g/mol. The van der Waals surface area contributed by atoms with Gasteiger partial charge in [-0.3, -0.25) is 10.1 Å². The Morgan fingerprint density at radius 2 is 2.28 bits per heavy atom. The van der Waals surface area contributed by atoms with E-state index in [0.717, 1.165) is 37.6 Å². The monoisotopic (exact) mass is 253 g/mol. The van der Waals surface area contributed by atoms with Crippen LogP contribution < -0.4 is 4.74 Å². The Bertz CT molecular complexity index is 493. The number of benzene rings is 1. The zero-order valence-corrected chi connectivity index (χ0v) is 9.54. The summed E-state index contributed by atoms with van der Waals surface area (Å²) < 4.78 is 24.2. The SMILES string of the molecule is O=[N+]([O-])c1ccc(F)cc1OC1C[C@@H]2CO[C@H]1C2. The van der Waals surface area contributed by atoms with Crippen molar-refractivity contribution < 1.29 is 18.8 Å². The molecule has 1 heterocycles. The number of hydrogen-bond acceptors (Lipinski definition) is 4. The first-order chi connectivity index (χ1) is 8.63. The van der Waals surface area contributed by atoms with Crippen LogP contribution in [0.4, 0.5) is 10.1 Å². The summed E-state index contributed by atoms with van der Waals surface area (Å²) >= 11 is 0. The first kappa shape index (κ1) is 11.4. The van der Waals surface area contributed by atoms with Crippen molar-refractivity contribution in [1.29, 1.82) is 0 Å². The van der Waals surface area contributed by atoms with E-state index in [9.17, 15) is 14.5 Å². The van der Waals surface area contributed by atoms with Crippen LogP contribution in [0, 0.1) is 21.8 Å². The largest absolute Gasteiger partial charge is 0.481 e. The maximum absolute atomic E-state index is 13.1. The molecule has 0 amide bonds. The number of fused-ring (bicyclic) bond motifs is 2. The first-order valence-corrected chi connectivity index (χ1v) is 5.85. The molecule has 18 heavy (non-hydrogen) atoms. The van der Waals surface area contributed by atoms with Crippen molar-refractivity contribution in [3.8, 4) is 5.75 Å². The number of ether oxygens (including phenoxy) is 2. The molecule has 0 N–H and O–H groups in total. The molecule has 1 unspecified atom stereocenters. The normalized spacial score (nSPS) is 29.5. The maximum Gasteiger partial charge on any atom is 0.311 e. The van der Waals surface area contributed by atoms with Crippen LogP contribution in [0.15, 0.2) is 18.2 Å². The lowest BCUT2D eigenvalue weighted by Gasteiger charge is -2.23. The Labute approximate surface area is 103 Å². The van der Waals surface area contributed by atoms with Crippen LogP contribution in [0.25, 0.3) is 0 Å². The van der Waals surface area contributed by atoms with Crippen LogP contribution in [0.1, 0.15) is 12.8 Å². The number of nitro benzene ring substituents is 1. The lowest BCUT2D eigenvalue weighted by Crippen LogP contribution is -2.30. The van der Waals surface area contributed by atoms with E-state index >= 15 is 0 Å². The highest BCUT2D eigenvalue weighted by Gasteiger charge is 2.43. The van der Waals surface area contributed by atoms with E-state index in [-0.39, 0.29) is 23.6 Å². The maximum atomic E-state index is 13.1. The third kappa shape index (κ3) is 1.92. The summed E-state index contributed by atoms with van der Waals surface area (Å²) in [4.78, 5) is 10.3. The fourth-order valence-electron chi connectivity index (χ4n) is 2.65. The van der Waals surface area contributed by atoms with E-state index in [1.165, 1.54) is 0 Å². The van der Waals surface area contributed by atoms with E-state index in [0.29, 0.717) is 5.92 Å². The minimum atomic E-state index is -0.567. The summed E-state index contributed by atoms with van der Waals surface area (Å²) in [5.74, 6) is -0.0894. The highest BCUT2D eigenvalue weighted by atomic mass is 19.1. The molecule has 2 bridgehead atoms. The standard InChI is InChI=1S/C12H12FNO4/c13-8-1-2-9(14(15)16)10(5-8)18-12-4-7-3-11(12)17-6-7/h1-2,5,7,11-12H,3-4,6H2/t7-,11+,12?/m1/s1. The number of rotatable bonds is 3. The zero-order chi connectivity index (χ0) is 12.7. The molecule has 1 aliphatic carbocycles. The van der Waals surface area contributed by atoms with Gasteiger partial charge in [-0.1, -0.05) is 0 Å². The molecule has 3 atom stereocenters. The first-order valence-electron chi connectivity index (χ1n) is 5.85. The Morgan fingerprint density at radius 3 is 2.89 bits per heavy atom. The zero-order valence-electron chi connectivity index (χ0n) is 9.54. The van der Waals surface area contributed by atoms with E-state index in [4.69, 9.17) is 9.47 Å². The molecule has 0 radical (unpaired) electrons. The molecule has 1 aromatic carbocycles. The van der Waals surface area contributed by atoms with Crippen LogP contribution >= 0.6 is 0 Å². The molecule has 1 saturated heterocycles. The third-order valence-corrected chi connectivity index (χ3v) is 3.49. The summed E-state index contributed by atoms with van der Waals surface area (Å²) in [7, 11) is 0. The predicted molar refractivity (Wildman–Crippen MR) is 59.9 cm³/mol. The van der Waals surface area contributed by atoms with Crippen molar-refractivity contribution in [3.63, 3.8) is 0 Å². The van der Waals surface area contributed by atoms with Gasteiger partial charge in [0, 0.05) is 12.1 Å². The third-order valence-electron chi connectivity index (χ3n) is 3.49. The second kappa shape index (κ2) is 4.20. The fraction of sp³-hybridized carbons (Fsp3) is 0.500. The lowest BCUT2D eigenvalue weighted by molar-refractivity contribution is -0.386. The second-order valence-electron chi connectivity index (χ2n) is 4.73. The van der Waals surface area contributed by atoms with E-state index in [1.807, 2.05) is 0 Å². The number of nitrogens with zero attached hydrogens (tertiary/aromatic N) is 1. The quantitative estimate of drug-likeness (QED) is 0.612. The average Bonchev–Trinajstić information content (AvgIpc) is 2.90. The van der Waals surface area contributed by atoms with Crippen LogP contribution in [0.3, 0.4) is 0 Å². The van der Waals surface area contributed by atoms with Gasteiger partial charge < -0.3 is 9.47 Å². The second-order valence-corrected chi connectivity index (χ2v) is 4.73. The predicted octanol–water partition coefficient (Wildman–Crippen LogP) is 2.29. The number of halogens is 1. The molecule has 1 saturated carbocycles. The van der Waals surface area contributed by atoms with Crippen LogP contribution in [-0.4, -0.2) is 23.7 Å². The molecule has 3 rings (SSSR count). The van der Waals surface area contributed by atoms with Gasteiger partial charge >= 0.3 is 5.69 Å². The molecule has 0 spiro atoms. The average molecular weight is 253 g/mol. The molecule has 2 fully saturated rings. The van der Waals surface area contributed by atoms with Gasteiger partial charge in [-0.15, -0.1) is 0 Å². The Hall–Kier alpha value is -1.69. The van der Waals surface area contributed by atoms with Crippen LogP contribution in [0.5, 0.6) is 5.75 Å². The Balaban J connectivity index is 1.83. The van der Waals surface area contributed by atoms with E-state index < -0.39 is 10.7 Å². The van der Waals surface area contributed by atoms with Crippen molar-refractivity contribution in [2.45, 2.75) is 25.0 Å². The number of nitro groups is 1. The van der Waals surface area contributed by atoms with E-state index in [2.05, 4.69) is 0 Å². The Morgan fingerprint density at radius 1 is 1.44 bits per heavy atom. The molecule has 5 nitrogen and oxygen atoms in total. The van der Waals surface area contributed by atoms with Crippen molar-refractivity contribution in [1.82, 2.24) is 0 Å². The van der Waals surface area contributed by atoms with Crippen LogP contribution in [0.2, 0.25) is 0 Å². The minimum absolute atomic E-state index is 0.0128. The fourth-order valence-corrected chi connectivity index (χ4v) is 2.65. The highest BCUT2D eigenvalue weighted by molar-refractivity contribution is 5.46. The minimum Gasteiger partial charge on any atom is -0.481 e. The Kier molecular flexibility index (Phi) is 2.66. The van der Waals surface area contributed by atoms with E-state index in [1.54, 1.807) is 0 Å². The highest BCUT2D eigenvalue weighted by Crippen LogP contribution is 2.39. The molecule has 1 aliphatic heterocycles. The summed E-state index contributed by atoms with van der Waals surface area (Å²) in [6.07, 6.45) is 1.52. The van der Waals surface area contributed by atoms with Gasteiger partial charge in [0.1, 0.15) is 11.9 Å². The lowest BCUT2D eigenvalue weighted by atomic mass is 10.1. The molecule has 0 aromatic heterocycles. The van der Waals surface area contributed by atoms with Gasteiger partial charge in [-0.05, 0) is 24.8 Å². The van der Waals surface area contributed by atoms with Crippen LogP contribution in [-0.2, 0) is 4.74 Å². The molecule has 6 heteroatoms. The molecular formula is C12H12FNO4. The van der Waals surface area contributed by atoms with Gasteiger partial charge in [-0.25, -0.2) is 4.39 Å². The van der Waals surface area contributed by atoms with Gasteiger partial charge in [0.2, 0.25) is 0 Å². The number of hydrogen-bond donors (Lipinski definition) is 0. The van der Waals surface area contributed by atoms with Gasteiger partial charge in [0.05, 0.1) is 17.6 Å². The topological polar surface area (TPSA) is 61.6 Å². The molecule has 2 aliphatic rings. The van der Waals surface area contributed by atoms with Crippen molar-refractivity contribution >= 4 is 5.69 Å². The summed E-state index contributed by atoms with van der Waals surface area (Å²) in [6, 6.07) is 3.24. The smallest absolute Gasteiger partial charge is 0.311 e. The van der Waals surface area contributed by atoms with Crippen molar-refractivity contribution in [3.05, 3.63) is 34.1 Å². The van der Waals surface area contributed by atoms with Crippen molar-refractivity contribution in [2.24, 2.45) is 5.92 Å². The van der Waals surface area contributed by atoms with Gasteiger partial charge in [0.25, 0.3) is 0 Å². The summed E-state index contributed by atoms with van der Waals surface area (Å²) in [6.45, 7) is 0.732. The van der Waals surface area contributed by atoms with Gasteiger partial charge in [0.15, 0.2) is 5.75 Å². The van der Waals surface area contributed by atoms with Crippen molar-refractivity contribution in [2.75, 3.05) is 6.61 Å². The molecule has 96 valence electrons. The summed E-state index contributed by atoms with van der Waals surface area (Å²) in [5.41, 5.74) is -0.209. The molecule has 1 aromatic rings. The van der Waals surface area contributed by atoms with Gasteiger partial charge in [-0.2, -0.15) is 0 Å². The summed E-state index contributed by atoms with van der Waals surface area (Å²) in [5, 5.41) is 10.8.